The first-order chi connectivity index (χ1) is 9.52. The van der Waals surface area contributed by atoms with Crippen LogP contribution in [0.3, 0.4) is 0 Å². The zero-order valence-electron chi connectivity index (χ0n) is 10.6. The van der Waals surface area contributed by atoms with Crippen molar-refractivity contribution >= 4 is 11.9 Å². The van der Waals surface area contributed by atoms with E-state index in [2.05, 4.69) is 4.74 Å². The molecule has 20 heavy (non-hydrogen) atoms. The second-order valence-electron chi connectivity index (χ2n) is 4.07. The lowest BCUT2D eigenvalue weighted by atomic mass is 10.0. The summed E-state index contributed by atoms with van der Waals surface area (Å²) >= 11 is 0. The number of hydrogen-bond acceptors (Lipinski definition) is 3. The van der Waals surface area contributed by atoms with Crippen LogP contribution in [0.5, 0.6) is 0 Å². The fraction of sp³-hybridized carbons (Fsp3) is 0.0667. The highest BCUT2D eigenvalue weighted by atomic mass is 19.1. The van der Waals surface area contributed by atoms with Crippen LogP contribution in [0.4, 0.5) is 4.39 Å². The van der Waals surface area contributed by atoms with E-state index in [1.807, 2.05) is 0 Å². The number of methoxy groups -OCH3 is 1. The number of aromatic carboxylic acids is 1. The van der Waals surface area contributed by atoms with Gasteiger partial charge in [-0.3, -0.25) is 0 Å². The minimum atomic E-state index is -1.32. The molecule has 0 atom stereocenters. The third-order valence-electron chi connectivity index (χ3n) is 2.82. The number of carbonyl (C=O) groups excluding carboxylic acids is 1. The normalized spacial score (nSPS) is 10.1. The van der Waals surface area contributed by atoms with Crippen molar-refractivity contribution in [3.63, 3.8) is 0 Å². The number of carbonyl (C=O) groups is 2. The van der Waals surface area contributed by atoms with Crippen LogP contribution in [0, 0.1) is 5.82 Å². The number of benzene rings is 2. The smallest absolute Gasteiger partial charge is 0.338 e. The van der Waals surface area contributed by atoms with Crippen LogP contribution >= 0.6 is 0 Å². The maximum atomic E-state index is 13.6. The van der Waals surface area contributed by atoms with E-state index in [4.69, 9.17) is 5.11 Å². The first-order valence-corrected chi connectivity index (χ1v) is 5.74. The highest BCUT2D eigenvalue weighted by Gasteiger charge is 2.12. The summed E-state index contributed by atoms with van der Waals surface area (Å²) in [5, 5.41) is 8.77. The molecule has 0 saturated carbocycles. The average Bonchev–Trinajstić information content (AvgIpc) is 2.46. The summed E-state index contributed by atoms with van der Waals surface area (Å²) in [5.74, 6) is -2.63. The van der Waals surface area contributed by atoms with Crippen LogP contribution in [-0.2, 0) is 4.74 Å². The predicted molar refractivity (Wildman–Crippen MR) is 70.1 cm³/mol. The Morgan fingerprint density at radius 1 is 1.10 bits per heavy atom. The van der Waals surface area contributed by atoms with Gasteiger partial charge in [-0.2, -0.15) is 0 Å². The maximum absolute atomic E-state index is 13.6. The molecule has 0 saturated heterocycles. The topological polar surface area (TPSA) is 63.6 Å². The van der Waals surface area contributed by atoms with Crippen LogP contribution in [0.15, 0.2) is 42.5 Å². The quantitative estimate of drug-likeness (QED) is 0.874. The molecule has 4 nitrogen and oxygen atoms in total. The third kappa shape index (κ3) is 2.66. The van der Waals surface area contributed by atoms with Gasteiger partial charge in [-0.05, 0) is 35.4 Å². The van der Waals surface area contributed by atoms with Crippen LogP contribution < -0.4 is 0 Å². The van der Waals surface area contributed by atoms with Crippen LogP contribution in [0.25, 0.3) is 11.1 Å². The summed E-state index contributed by atoms with van der Waals surface area (Å²) in [5.41, 5.74) is 1.03. The average molecular weight is 274 g/mol. The highest BCUT2D eigenvalue weighted by Crippen LogP contribution is 2.23. The van der Waals surface area contributed by atoms with E-state index < -0.39 is 23.3 Å². The minimum absolute atomic E-state index is 0.340. The first-order valence-electron chi connectivity index (χ1n) is 5.74. The lowest BCUT2D eigenvalue weighted by molar-refractivity contribution is 0.0599. The summed E-state index contributed by atoms with van der Waals surface area (Å²) in [6.45, 7) is 0. The van der Waals surface area contributed by atoms with E-state index in [0.717, 1.165) is 6.07 Å². The SMILES string of the molecule is COC(=O)c1cccc(-c2ccc(C(=O)O)c(F)c2)c1. The van der Waals surface area contributed by atoms with E-state index in [0.29, 0.717) is 16.7 Å². The van der Waals surface area contributed by atoms with Crippen molar-refractivity contribution in [2.45, 2.75) is 0 Å². The van der Waals surface area contributed by atoms with Crippen molar-refractivity contribution < 1.29 is 23.8 Å². The molecule has 102 valence electrons. The van der Waals surface area contributed by atoms with E-state index in [-0.39, 0.29) is 0 Å². The Hall–Kier alpha value is -2.69. The van der Waals surface area contributed by atoms with Crippen LogP contribution in [0.1, 0.15) is 20.7 Å². The molecule has 0 aliphatic rings. The van der Waals surface area contributed by atoms with E-state index in [1.54, 1.807) is 24.3 Å². The molecule has 0 aromatic heterocycles. The number of carboxylic acids is 1. The lowest BCUT2D eigenvalue weighted by Crippen LogP contribution is -2.02. The van der Waals surface area contributed by atoms with Crippen molar-refractivity contribution in [2.75, 3.05) is 7.11 Å². The van der Waals surface area contributed by atoms with Gasteiger partial charge in [0, 0.05) is 0 Å². The van der Waals surface area contributed by atoms with E-state index >= 15 is 0 Å². The zero-order chi connectivity index (χ0) is 14.7. The van der Waals surface area contributed by atoms with Crippen LogP contribution in [0.2, 0.25) is 0 Å². The lowest BCUT2D eigenvalue weighted by Gasteiger charge is -2.06. The van der Waals surface area contributed by atoms with Gasteiger partial charge < -0.3 is 9.84 Å². The highest BCUT2D eigenvalue weighted by molar-refractivity contribution is 5.91. The Kier molecular flexibility index (Phi) is 3.79. The summed E-state index contributed by atoms with van der Waals surface area (Å²) in [6, 6.07) is 10.3. The molecule has 0 unspecified atom stereocenters. The number of hydrogen-bond donors (Lipinski definition) is 1. The molecule has 2 aromatic carbocycles. The zero-order valence-corrected chi connectivity index (χ0v) is 10.6. The van der Waals surface area contributed by atoms with Gasteiger partial charge in [0.25, 0.3) is 0 Å². The molecule has 2 aromatic rings. The van der Waals surface area contributed by atoms with Crippen molar-refractivity contribution in [2.24, 2.45) is 0 Å². The van der Waals surface area contributed by atoms with Crippen molar-refractivity contribution in [1.82, 2.24) is 0 Å². The fourth-order valence-corrected chi connectivity index (χ4v) is 1.81. The number of carboxylic acid groups (broad SMARTS) is 1. The largest absolute Gasteiger partial charge is 0.478 e. The van der Waals surface area contributed by atoms with Gasteiger partial charge in [0.15, 0.2) is 0 Å². The summed E-state index contributed by atoms with van der Waals surface area (Å²) in [4.78, 5) is 22.2. The molecule has 1 N–H and O–H groups in total. The van der Waals surface area contributed by atoms with Gasteiger partial charge in [0.1, 0.15) is 5.82 Å². The molecular formula is C15H11FO4. The Bertz CT molecular complexity index is 679. The molecule has 0 bridgehead atoms. The number of ether oxygens (including phenoxy) is 1. The third-order valence-corrected chi connectivity index (χ3v) is 2.82. The van der Waals surface area contributed by atoms with E-state index in [1.165, 1.54) is 19.2 Å². The molecule has 0 heterocycles. The van der Waals surface area contributed by atoms with Crippen LogP contribution in [-0.4, -0.2) is 24.2 Å². The van der Waals surface area contributed by atoms with E-state index in [9.17, 15) is 14.0 Å². The first kappa shape index (κ1) is 13.7. The monoisotopic (exact) mass is 274 g/mol. The van der Waals surface area contributed by atoms with Crippen molar-refractivity contribution in [3.05, 3.63) is 59.4 Å². The second-order valence-corrected chi connectivity index (χ2v) is 4.07. The molecular weight excluding hydrogens is 263 g/mol. The Balaban J connectivity index is 2.44. The standard InChI is InChI=1S/C15H11FO4/c1-20-15(19)11-4-2-3-9(7-11)10-5-6-12(14(17)18)13(16)8-10/h2-8H,1H3,(H,17,18). The van der Waals surface area contributed by atoms with Gasteiger partial charge >= 0.3 is 11.9 Å². The molecule has 0 aliphatic heterocycles. The van der Waals surface area contributed by atoms with Crippen molar-refractivity contribution in [1.29, 1.82) is 0 Å². The Labute approximate surface area is 114 Å². The van der Waals surface area contributed by atoms with Gasteiger partial charge in [0.2, 0.25) is 0 Å². The molecule has 0 aliphatic carbocycles. The molecule has 2 rings (SSSR count). The molecule has 0 spiro atoms. The van der Waals surface area contributed by atoms with Gasteiger partial charge in [-0.15, -0.1) is 0 Å². The predicted octanol–water partition coefficient (Wildman–Crippen LogP) is 2.98. The van der Waals surface area contributed by atoms with Crippen molar-refractivity contribution in [3.8, 4) is 11.1 Å². The second kappa shape index (κ2) is 5.52. The summed E-state index contributed by atoms with van der Waals surface area (Å²) in [7, 11) is 1.27. The van der Waals surface area contributed by atoms with Gasteiger partial charge in [-0.1, -0.05) is 18.2 Å². The summed E-state index contributed by atoms with van der Waals surface area (Å²) in [6.07, 6.45) is 0. The molecule has 5 heteroatoms. The minimum Gasteiger partial charge on any atom is -0.478 e. The Morgan fingerprint density at radius 2 is 1.80 bits per heavy atom. The number of rotatable bonds is 3. The molecule has 0 amide bonds. The molecule has 0 radical (unpaired) electrons. The fourth-order valence-electron chi connectivity index (χ4n) is 1.81. The maximum Gasteiger partial charge on any atom is 0.338 e. The molecule has 0 fully saturated rings. The summed E-state index contributed by atoms with van der Waals surface area (Å²) < 4.78 is 18.3. The number of halogens is 1. The Morgan fingerprint density at radius 3 is 2.40 bits per heavy atom. The van der Waals surface area contributed by atoms with Gasteiger partial charge in [0.05, 0.1) is 18.2 Å². The number of esters is 1. The van der Waals surface area contributed by atoms with Gasteiger partial charge in [-0.25, -0.2) is 14.0 Å².